The zero-order valence-corrected chi connectivity index (χ0v) is 17.4. The quantitative estimate of drug-likeness (QED) is 0.744. The van der Waals surface area contributed by atoms with Gasteiger partial charge in [0, 0.05) is 23.5 Å². The molecule has 2 aromatic carbocycles. The Balaban J connectivity index is 1.68. The van der Waals surface area contributed by atoms with Gasteiger partial charge in [0.2, 0.25) is 5.91 Å². The minimum atomic E-state index is -0.140. The van der Waals surface area contributed by atoms with Crippen LogP contribution < -0.4 is 10.6 Å². The lowest BCUT2D eigenvalue weighted by Gasteiger charge is -2.22. The van der Waals surface area contributed by atoms with Crippen LogP contribution in [-0.4, -0.2) is 35.1 Å². The first-order valence-electron chi connectivity index (χ1n) is 9.70. The Morgan fingerprint density at radius 3 is 2.57 bits per heavy atom. The van der Waals surface area contributed by atoms with Crippen molar-refractivity contribution in [2.45, 2.75) is 44.0 Å². The molecule has 5 nitrogen and oxygen atoms in total. The van der Waals surface area contributed by atoms with Gasteiger partial charge in [0.05, 0.1) is 10.9 Å². The molecule has 0 fully saturated rings. The summed E-state index contributed by atoms with van der Waals surface area (Å²) < 4.78 is 0. The van der Waals surface area contributed by atoms with E-state index < -0.39 is 0 Å². The number of hydrogen-bond donors (Lipinski definition) is 2. The number of carbonyl (C=O) groups excluding carboxylic acids is 2. The standard InChI is InChI=1S/C22H27N3O2S/c1-4-25(5-2)14-18-9-7-6-8-17(18)13-23-22(27)16-10-11-20-19(12-16)24-21(26)15(3)28-20/h6-12,15H,4-5,13-14H2,1-3H3,(H,23,27)(H,24,26). The van der Waals surface area contributed by atoms with Gasteiger partial charge in [0.1, 0.15) is 0 Å². The minimum Gasteiger partial charge on any atom is -0.348 e. The number of rotatable bonds is 7. The van der Waals surface area contributed by atoms with Crippen molar-refractivity contribution in [3.05, 3.63) is 59.2 Å². The third-order valence-electron chi connectivity index (χ3n) is 5.02. The van der Waals surface area contributed by atoms with Gasteiger partial charge in [-0.15, -0.1) is 11.8 Å². The van der Waals surface area contributed by atoms with Crippen molar-refractivity contribution in [3.63, 3.8) is 0 Å². The van der Waals surface area contributed by atoms with Crippen LogP contribution in [0.25, 0.3) is 0 Å². The summed E-state index contributed by atoms with van der Waals surface area (Å²) in [7, 11) is 0. The number of fused-ring (bicyclic) bond motifs is 1. The van der Waals surface area contributed by atoms with Crippen LogP contribution in [0.3, 0.4) is 0 Å². The fraction of sp³-hybridized carbons (Fsp3) is 0.364. The third-order valence-corrected chi connectivity index (χ3v) is 6.20. The van der Waals surface area contributed by atoms with E-state index >= 15 is 0 Å². The van der Waals surface area contributed by atoms with Gasteiger partial charge in [-0.25, -0.2) is 0 Å². The number of benzene rings is 2. The van der Waals surface area contributed by atoms with Crippen molar-refractivity contribution >= 4 is 29.3 Å². The predicted octanol–water partition coefficient (Wildman–Crippen LogP) is 3.89. The summed E-state index contributed by atoms with van der Waals surface area (Å²) in [5, 5.41) is 5.78. The van der Waals surface area contributed by atoms with Crippen LogP contribution in [0, 0.1) is 0 Å². The molecule has 2 amide bonds. The maximum absolute atomic E-state index is 12.7. The van der Waals surface area contributed by atoms with Crippen LogP contribution in [0.2, 0.25) is 0 Å². The number of nitrogens with zero attached hydrogens (tertiary/aromatic N) is 1. The van der Waals surface area contributed by atoms with Crippen LogP contribution in [0.15, 0.2) is 47.4 Å². The summed E-state index contributed by atoms with van der Waals surface area (Å²) >= 11 is 1.51. The number of carbonyl (C=O) groups is 2. The van der Waals surface area contributed by atoms with Gasteiger partial charge in [-0.3, -0.25) is 14.5 Å². The molecule has 2 N–H and O–H groups in total. The Kier molecular flexibility index (Phi) is 6.75. The lowest BCUT2D eigenvalue weighted by molar-refractivity contribution is -0.115. The second-order valence-electron chi connectivity index (χ2n) is 6.87. The van der Waals surface area contributed by atoms with E-state index in [2.05, 4.69) is 41.5 Å². The van der Waals surface area contributed by atoms with Crippen molar-refractivity contribution < 1.29 is 9.59 Å². The zero-order chi connectivity index (χ0) is 20.1. The summed E-state index contributed by atoms with van der Waals surface area (Å²) in [6, 6.07) is 13.7. The molecule has 2 aromatic rings. The normalized spacial score (nSPS) is 15.9. The van der Waals surface area contributed by atoms with Crippen LogP contribution in [0.1, 0.15) is 42.3 Å². The summed E-state index contributed by atoms with van der Waals surface area (Å²) in [6.45, 7) is 9.52. The Morgan fingerprint density at radius 1 is 1.14 bits per heavy atom. The third kappa shape index (κ3) is 4.75. The number of anilines is 1. The SMILES string of the molecule is CCN(CC)Cc1ccccc1CNC(=O)c1ccc2c(c1)NC(=O)C(C)S2. The maximum Gasteiger partial charge on any atom is 0.251 e. The van der Waals surface area contributed by atoms with Crippen LogP contribution in [-0.2, 0) is 17.9 Å². The molecular weight excluding hydrogens is 370 g/mol. The van der Waals surface area contributed by atoms with E-state index in [1.807, 2.05) is 31.2 Å². The molecule has 0 spiro atoms. The lowest BCUT2D eigenvalue weighted by Crippen LogP contribution is -2.28. The number of thioether (sulfide) groups is 1. The largest absolute Gasteiger partial charge is 0.348 e. The number of nitrogens with one attached hydrogen (secondary N) is 2. The molecule has 0 aliphatic carbocycles. The highest BCUT2D eigenvalue weighted by molar-refractivity contribution is 8.00. The molecule has 28 heavy (non-hydrogen) atoms. The summed E-state index contributed by atoms with van der Waals surface area (Å²) in [6.07, 6.45) is 0. The van der Waals surface area contributed by atoms with E-state index in [9.17, 15) is 9.59 Å². The van der Waals surface area contributed by atoms with Crippen LogP contribution in [0.5, 0.6) is 0 Å². The molecule has 0 aromatic heterocycles. The molecule has 1 unspecified atom stereocenters. The second-order valence-corrected chi connectivity index (χ2v) is 8.26. The lowest BCUT2D eigenvalue weighted by atomic mass is 10.1. The first-order chi connectivity index (χ1) is 13.5. The Labute approximate surface area is 170 Å². The van der Waals surface area contributed by atoms with Crippen molar-refractivity contribution in [2.75, 3.05) is 18.4 Å². The smallest absolute Gasteiger partial charge is 0.251 e. The van der Waals surface area contributed by atoms with Crippen molar-refractivity contribution in [1.82, 2.24) is 10.2 Å². The van der Waals surface area contributed by atoms with Gasteiger partial charge in [-0.1, -0.05) is 38.1 Å². The van der Waals surface area contributed by atoms with E-state index in [-0.39, 0.29) is 17.1 Å². The highest BCUT2D eigenvalue weighted by Gasteiger charge is 2.23. The van der Waals surface area contributed by atoms with Gasteiger partial charge in [0.25, 0.3) is 5.91 Å². The molecule has 0 saturated carbocycles. The average molecular weight is 398 g/mol. The van der Waals surface area contributed by atoms with E-state index in [1.54, 1.807) is 6.07 Å². The van der Waals surface area contributed by atoms with Crippen LogP contribution in [0.4, 0.5) is 5.69 Å². The topological polar surface area (TPSA) is 61.4 Å². The first kappa shape index (κ1) is 20.4. The number of hydrogen-bond acceptors (Lipinski definition) is 4. The highest BCUT2D eigenvalue weighted by atomic mass is 32.2. The molecule has 3 rings (SSSR count). The Bertz CT molecular complexity index is 865. The summed E-state index contributed by atoms with van der Waals surface area (Å²) in [4.78, 5) is 27.9. The molecule has 148 valence electrons. The molecule has 0 radical (unpaired) electrons. The Hall–Kier alpha value is -2.31. The average Bonchev–Trinajstić information content (AvgIpc) is 2.71. The highest BCUT2D eigenvalue weighted by Crippen LogP contribution is 2.35. The van der Waals surface area contributed by atoms with Crippen molar-refractivity contribution in [3.8, 4) is 0 Å². The molecular formula is C22H27N3O2S. The van der Waals surface area contributed by atoms with Crippen LogP contribution >= 0.6 is 11.8 Å². The molecule has 0 saturated heterocycles. The minimum absolute atomic E-state index is 0.0274. The molecule has 0 bridgehead atoms. The fourth-order valence-electron chi connectivity index (χ4n) is 3.20. The van der Waals surface area contributed by atoms with Gasteiger partial charge in [-0.05, 0) is 49.3 Å². The number of amides is 2. The van der Waals surface area contributed by atoms with E-state index in [1.165, 1.54) is 17.3 Å². The monoisotopic (exact) mass is 397 g/mol. The first-order valence-corrected chi connectivity index (χ1v) is 10.6. The summed E-state index contributed by atoms with van der Waals surface area (Å²) in [5.74, 6) is -0.168. The molecule has 1 aliphatic rings. The van der Waals surface area contributed by atoms with Gasteiger partial charge >= 0.3 is 0 Å². The van der Waals surface area contributed by atoms with Crippen molar-refractivity contribution in [2.24, 2.45) is 0 Å². The van der Waals surface area contributed by atoms with Gasteiger partial charge < -0.3 is 10.6 Å². The van der Waals surface area contributed by atoms with Gasteiger partial charge in [0.15, 0.2) is 0 Å². The maximum atomic E-state index is 12.7. The van der Waals surface area contributed by atoms with E-state index in [4.69, 9.17) is 0 Å². The molecule has 6 heteroatoms. The predicted molar refractivity (Wildman–Crippen MR) is 115 cm³/mol. The molecule has 1 heterocycles. The molecule has 1 atom stereocenters. The second kappa shape index (κ2) is 9.26. The van der Waals surface area contributed by atoms with Gasteiger partial charge in [-0.2, -0.15) is 0 Å². The van der Waals surface area contributed by atoms with E-state index in [0.717, 1.165) is 30.1 Å². The molecule has 1 aliphatic heterocycles. The van der Waals surface area contributed by atoms with Crippen molar-refractivity contribution in [1.29, 1.82) is 0 Å². The van der Waals surface area contributed by atoms with E-state index in [0.29, 0.717) is 17.8 Å². The summed E-state index contributed by atoms with van der Waals surface area (Å²) in [5.41, 5.74) is 3.62. The zero-order valence-electron chi connectivity index (χ0n) is 16.6. The Morgan fingerprint density at radius 2 is 1.86 bits per heavy atom. The fourth-order valence-corrected chi connectivity index (χ4v) is 4.13.